The van der Waals surface area contributed by atoms with Crippen LogP contribution in [0.4, 0.5) is 13.2 Å². The van der Waals surface area contributed by atoms with Gasteiger partial charge in [0.1, 0.15) is 0 Å². The van der Waals surface area contributed by atoms with Gasteiger partial charge in [-0.1, -0.05) is 20.8 Å². The predicted octanol–water partition coefficient (Wildman–Crippen LogP) is 1.84. The molecule has 0 spiro atoms. The second-order valence-electron chi connectivity index (χ2n) is 5.47. The van der Waals surface area contributed by atoms with E-state index in [1.807, 2.05) is 4.90 Å². The second kappa shape index (κ2) is 5.54. The minimum atomic E-state index is -4.52. The maximum atomic E-state index is 11.8. The Balaban J connectivity index is 2.30. The zero-order valence-corrected chi connectivity index (χ0v) is 10.6. The van der Waals surface area contributed by atoms with E-state index in [9.17, 15) is 13.2 Å². The molecule has 0 aromatic carbocycles. The van der Waals surface area contributed by atoms with E-state index in [-0.39, 0.29) is 12.0 Å². The van der Waals surface area contributed by atoms with Crippen molar-refractivity contribution in [3.8, 4) is 0 Å². The molecule has 0 aromatic heterocycles. The average molecular weight is 254 g/mol. The fourth-order valence-electron chi connectivity index (χ4n) is 1.88. The van der Waals surface area contributed by atoms with E-state index in [0.29, 0.717) is 12.6 Å². The molecule has 6 heteroatoms. The molecule has 1 N–H and O–H groups in total. The summed E-state index contributed by atoms with van der Waals surface area (Å²) in [6, 6.07) is 0.308. The van der Waals surface area contributed by atoms with Gasteiger partial charge in [-0.3, -0.25) is 9.64 Å². The van der Waals surface area contributed by atoms with Gasteiger partial charge in [0.2, 0.25) is 0 Å². The third-order valence-electron chi connectivity index (χ3n) is 2.98. The van der Waals surface area contributed by atoms with Crippen molar-refractivity contribution in [3.05, 3.63) is 0 Å². The molecule has 0 saturated carbocycles. The molecule has 1 rings (SSSR count). The highest BCUT2D eigenvalue weighted by molar-refractivity contribution is 4.87. The van der Waals surface area contributed by atoms with Gasteiger partial charge in [0, 0.05) is 32.2 Å². The van der Waals surface area contributed by atoms with Gasteiger partial charge in [-0.25, -0.2) is 0 Å². The summed E-state index contributed by atoms with van der Waals surface area (Å²) >= 11 is 0. The molecule has 0 amide bonds. The zero-order chi connectivity index (χ0) is 13.1. The van der Waals surface area contributed by atoms with Crippen molar-refractivity contribution < 1.29 is 17.9 Å². The summed E-state index contributed by atoms with van der Waals surface area (Å²) in [7, 11) is 0. The largest absolute Gasteiger partial charge is 0.522 e. The number of hydrogen-bond acceptors (Lipinski definition) is 3. The van der Waals surface area contributed by atoms with Crippen LogP contribution < -0.4 is 5.32 Å². The van der Waals surface area contributed by atoms with Crippen molar-refractivity contribution in [3.63, 3.8) is 0 Å². The maximum absolute atomic E-state index is 11.8. The Kier molecular flexibility index (Phi) is 4.80. The summed E-state index contributed by atoms with van der Waals surface area (Å²) in [4.78, 5) is 2.01. The molecule has 0 aliphatic carbocycles. The molecule has 102 valence electrons. The topological polar surface area (TPSA) is 24.5 Å². The van der Waals surface area contributed by atoms with Gasteiger partial charge in [-0.05, 0) is 5.41 Å². The van der Waals surface area contributed by atoms with Crippen LogP contribution in [0, 0.1) is 5.41 Å². The first-order chi connectivity index (χ1) is 7.68. The van der Waals surface area contributed by atoms with E-state index in [0.717, 1.165) is 19.6 Å². The molecule has 0 aromatic rings. The van der Waals surface area contributed by atoms with Crippen LogP contribution in [-0.4, -0.2) is 50.1 Å². The van der Waals surface area contributed by atoms with Crippen molar-refractivity contribution in [1.82, 2.24) is 10.2 Å². The zero-order valence-electron chi connectivity index (χ0n) is 10.6. The van der Waals surface area contributed by atoms with Gasteiger partial charge >= 0.3 is 6.36 Å². The van der Waals surface area contributed by atoms with Gasteiger partial charge in [-0.2, -0.15) is 0 Å². The Morgan fingerprint density at radius 1 is 1.29 bits per heavy atom. The van der Waals surface area contributed by atoms with Crippen LogP contribution in [-0.2, 0) is 4.74 Å². The molecule has 1 aliphatic heterocycles. The molecule has 3 nitrogen and oxygen atoms in total. The van der Waals surface area contributed by atoms with Crippen LogP contribution >= 0.6 is 0 Å². The Labute approximate surface area is 100 Å². The molecule has 17 heavy (non-hydrogen) atoms. The highest BCUT2D eigenvalue weighted by atomic mass is 19.4. The summed E-state index contributed by atoms with van der Waals surface area (Å²) in [5.41, 5.74) is 0.115. The van der Waals surface area contributed by atoms with Crippen molar-refractivity contribution in [1.29, 1.82) is 0 Å². The molecule has 1 saturated heterocycles. The lowest BCUT2D eigenvalue weighted by molar-refractivity contribution is -0.325. The maximum Gasteiger partial charge on any atom is 0.522 e. The first-order valence-corrected chi connectivity index (χ1v) is 5.85. The monoisotopic (exact) mass is 254 g/mol. The lowest BCUT2D eigenvalue weighted by Gasteiger charge is -2.40. The number of nitrogens with zero attached hydrogens (tertiary/aromatic N) is 1. The molecular weight excluding hydrogens is 233 g/mol. The van der Waals surface area contributed by atoms with Crippen molar-refractivity contribution in [2.24, 2.45) is 5.41 Å². The molecule has 1 unspecified atom stereocenters. The third-order valence-corrected chi connectivity index (χ3v) is 2.98. The van der Waals surface area contributed by atoms with Gasteiger partial charge in [0.05, 0.1) is 6.61 Å². The van der Waals surface area contributed by atoms with E-state index >= 15 is 0 Å². The number of rotatable bonds is 3. The number of halogens is 3. The fourth-order valence-corrected chi connectivity index (χ4v) is 1.88. The van der Waals surface area contributed by atoms with Crippen LogP contribution in [0.2, 0.25) is 0 Å². The number of hydrogen-bond donors (Lipinski definition) is 1. The first-order valence-electron chi connectivity index (χ1n) is 5.85. The SMILES string of the molecule is CC(C)(C)C1CN(CCOC(F)(F)F)CCN1. The van der Waals surface area contributed by atoms with E-state index in [1.165, 1.54) is 0 Å². The van der Waals surface area contributed by atoms with Crippen molar-refractivity contribution in [2.75, 3.05) is 32.8 Å². The summed E-state index contributed by atoms with van der Waals surface area (Å²) in [5, 5.41) is 3.39. The lowest BCUT2D eigenvalue weighted by atomic mass is 9.85. The normalized spacial score (nSPS) is 24.0. The van der Waals surface area contributed by atoms with Crippen LogP contribution in [0.25, 0.3) is 0 Å². The fraction of sp³-hybridized carbons (Fsp3) is 1.00. The number of alkyl halides is 3. The lowest BCUT2D eigenvalue weighted by Crippen LogP contribution is -2.56. The average Bonchev–Trinajstić information content (AvgIpc) is 2.15. The standard InChI is InChI=1S/C11H21F3N2O/c1-10(2,3)9-8-16(5-4-15-9)6-7-17-11(12,13)14/h9,15H,4-8H2,1-3H3. The van der Waals surface area contributed by atoms with E-state index in [4.69, 9.17) is 0 Å². The van der Waals surface area contributed by atoms with Gasteiger partial charge in [-0.15, -0.1) is 13.2 Å². The Bertz CT molecular complexity index is 238. The van der Waals surface area contributed by atoms with Gasteiger partial charge in [0.15, 0.2) is 0 Å². The minimum Gasteiger partial charge on any atom is -0.311 e. The summed E-state index contributed by atoms with van der Waals surface area (Å²) < 4.78 is 39.3. The smallest absolute Gasteiger partial charge is 0.311 e. The number of piperazine rings is 1. The van der Waals surface area contributed by atoms with Gasteiger partial charge < -0.3 is 5.32 Å². The molecular formula is C11H21F3N2O. The number of ether oxygens (including phenoxy) is 1. The molecule has 0 radical (unpaired) electrons. The third kappa shape index (κ3) is 5.70. The Morgan fingerprint density at radius 3 is 2.47 bits per heavy atom. The summed E-state index contributed by atoms with van der Waals surface area (Å²) in [5.74, 6) is 0. The predicted molar refractivity (Wildman–Crippen MR) is 59.7 cm³/mol. The molecule has 1 atom stereocenters. The quantitative estimate of drug-likeness (QED) is 0.831. The Morgan fingerprint density at radius 2 is 1.94 bits per heavy atom. The highest BCUT2D eigenvalue weighted by Gasteiger charge is 2.31. The van der Waals surface area contributed by atoms with E-state index in [1.54, 1.807) is 0 Å². The first kappa shape index (κ1) is 14.7. The second-order valence-corrected chi connectivity index (χ2v) is 5.47. The number of nitrogens with one attached hydrogen (secondary N) is 1. The van der Waals surface area contributed by atoms with Crippen LogP contribution in [0.1, 0.15) is 20.8 Å². The Hall–Kier alpha value is -0.330. The highest BCUT2D eigenvalue weighted by Crippen LogP contribution is 2.22. The summed E-state index contributed by atoms with van der Waals surface area (Å²) in [6.45, 7) is 8.77. The molecule has 1 aliphatic rings. The molecule has 1 fully saturated rings. The van der Waals surface area contributed by atoms with E-state index < -0.39 is 6.36 Å². The molecule has 0 bridgehead atoms. The van der Waals surface area contributed by atoms with Crippen molar-refractivity contribution in [2.45, 2.75) is 33.2 Å². The minimum absolute atomic E-state index is 0.115. The van der Waals surface area contributed by atoms with E-state index in [2.05, 4.69) is 30.8 Å². The van der Waals surface area contributed by atoms with Crippen LogP contribution in [0.5, 0.6) is 0 Å². The van der Waals surface area contributed by atoms with Crippen LogP contribution in [0.15, 0.2) is 0 Å². The van der Waals surface area contributed by atoms with Gasteiger partial charge in [0.25, 0.3) is 0 Å². The van der Waals surface area contributed by atoms with Crippen molar-refractivity contribution >= 4 is 0 Å². The molecule has 1 heterocycles. The summed E-state index contributed by atoms with van der Waals surface area (Å²) in [6.07, 6.45) is -4.52. The van der Waals surface area contributed by atoms with Crippen LogP contribution in [0.3, 0.4) is 0 Å².